The minimum atomic E-state index is -1.52. The fourth-order valence-electron chi connectivity index (χ4n) is 1.26. The van der Waals surface area contributed by atoms with Crippen molar-refractivity contribution in [2.24, 2.45) is 0 Å². The van der Waals surface area contributed by atoms with Crippen LogP contribution in [0.15, 0.2) is 48.5 Å². The predicted molar refractivity (Wildman–Crippen MR) is 70.5 cm³/mol. The fraction of sp³-hybridized carbons (Fsp3) is 0.0714. The molecule has 6 nitrogen and oxygen atoms in total. The van der Waals surface area contributed by atoms with Crippen molar-refractivity contribution in [1.82, 2.24) is 0 Å². The number of aromatic hydroxyl groups is 3. The highest BCUT2D eigenvalue weighted by Crippen LogP contribution is 2.21. The van der Waals surface area contributed by atoms with E-state index in [0.29, 0.717) is 0 Å². The second kappa shape index (κ2) is 7.01. The Morgan fingerprint density at radius 1 is 0.850 bits per heavy atom. The number of benzene rings is 2. The third-order valence-corrected chi connectivity index (χ3v) is 2.32. The molecule has 5 N–H and O–H groups in total. The Kier molecular flexibility index (Phi) is 5.37. The standard InChI is InChI=1S/C8H8O4.C6H6O2/c9-6-3-1-5(2-4-6)7(10)8(11)12;7-5-3-1-2-4-6(5)8/h1-4,7,9-10H,(H,11,12);1-4,7-8H. The molecule has 2 aromatic carbocycles. The first-order valence-corrected chi connectivity index (χ1v) is 5.58. The first-order valence-electron chi connectivity index (χ1n) is 5.58. The quantitative estimate of drug-likeness (QED) is 0.532. The first-order chi connectivity index (χ1) is 9.41. The van der Waals surface area contributed by atoms with Gasteiger partial charge in [0, 0.05) is 0 Å². The average Bonchev–Trinajstić information content (AvgIpc) is 2.43. The number of rotatable bonds is 2. The van der Waals surface area contributed by atoms with Crippen molar-refractivity contribution in [3.63, 3.8) is 0 Å². The van der Waals surface area contributed by atoms with E-state index in [1.54, 1.807) is 12.1 Å². The summed E-state index contributed by atoms with van der Waals surface area (Å²) < 4.78 is 0. The average molecular weight is 278 g/mol. The lowest BCUT2D eigenvalue weighted by Gasteiger charge is -2.04. The zero-order valence-electron chi connectivity index (χ0n) is 10.3. The monoisotopic (exact) mass is 278 g/mol. The van der Waals surface area contributed by atoms with Crippen LogP contribution in [0.3, 0.4) is 0 Å². The predicted octanol–water partition coefficient (Wildman–Crippen LogP) is 1.61. The third kappa shape index (κ3) is 4.51. The topological polar surface area (TPSA) is 118 Å². The van der Waals surface area contributed by atoms with Crippen molar-refractivity contribution in [3.05, 3.63) is 54.1 Å². The van der Waals surface area contributed by atoms with Gasteiger partial charge in [0.1, 0.15) is 5.75 Å². The minimum Gasteiger partial charge on any atom is -0.508 e. The number of phenols is 3. The zero-order chi connectivity index (χ0) is 15.1. The Morgan fingerprint density at radius 2 is 1.30 bits per heavy atom. The second-order valence-corrected chi connectivity index (χ2v) is 3.82. The molecule has 0 fully saturated rings. The van der Waals surface area contributed by atoms with Gasteiger partial charge in [-0.25, -0.2) is 4.79 Å². The maximum atomic E-state index is 10.3. The smallest absolute Gasteiger partial charge is 0.337 e. The van der Waals surface area contributed by atoms with Crippen molar-refractivity contribution < 1.29 is 30.3 Å². The molecule has 2 rings (SSSR count). The molecule has 20 heavy (non-hydrogen) atoms. The molecule has 0 saturated heterocycles. The van der Waals surface area contributed by atoms with Crippen molar-refractivity contribution in [2.45, 2.75) is 6.10 Å². The van der Waals surface area contributed by atoms with E-state index in [9.17, 15) is 4.79 Å². The van der Waals surface area contributed by atoms with Crippen LogP contribution in [0, 0.1) is 0 Å². The lowest BCUT2D eigenvalue weighted by molar-refractivity contribution is -0.146. The second-order valence-electron chi connectivity index (χ2n) is 3.82. The summed E-state index contributed by atoms with van der Waals surface area (Å²) in [6.45, 7) is 0. The molecule has 0 amide bonds. The number of hydrogen-bond donors (Lipinski definition) is 5. The van der Waals surface area contributed by atoms with E-state index in [1.165, 1.54) is 36.4 Å². The molecule has 0 aliphatic rings. The van der Waals surface area contributed by atoms with E-state index in [4.69, 9.17) is 25.5 Å². The normalized spacial score (nSPS) is 11.1. The number of aliphatic hydroxyl groups is 1. The summed E-state index contributed by atoms with van der Waals surface area (Å²) >= 11 is 0. The van der Waals surface area contributed by atoms with Crippen molar-refractivity contribution in [1.29, 1.82) is 0 Å². The van der Waals surface area contributed by atoms with Crippen LogP contribution in [0.2, 0.25) is 0 Å². The van der Waals surface area contributed by atoms with E-state index >= 15 is 0 Å². The van der Waals surface area contributed by atoms with Crippen molar-refractivity contribution >= 4 is 5.97 Å². The van der Waals surface area contributed by atoms with Gasteiger partial charge in [-0.3, -0.25) is 0 Å². The SMILES string of the molecule is O=C(O)C(O)c1ccc(O)cc1.Oc1ccccc1O. The summed E-state index contributed by atoms with van der Waals surface area (Å²) in [6.07, 6.45) is -1.52. The number of phenolic OH excluding ortho intramolecular Hbond substituents is 3. The lowest BCUT2D eigenvalue weighted by atomic mass is 10.1. The molecule has 0 aliphatic heterocycles. The van der Waals surface area contributed by atoms with Gasteiger partial charge < -0.3 is 25.5 Å². The van der Waals surface area contributed by atoms with E-state index < -0.39 is 12.1 Å². The summed E-state index contributed by atoms with van der Waals surface area (Å²) in [7, 11) is 0. The maximum absolute atomic E-state index is 10.3. The fourth-order valence-corrected chi connectivity index (χ4v) is 1.26. The molecular formula is C14H14O6. The van der Waals surface area contributed by atoms with Crippen LogP contribution in [-0.4, -0.2) is 31.5 Å². The summed E-state index contributed by atoms with van der Waals surface area (Å²) in [5.74, 6) is -1.42. The Hall–Kier alpha value is -2.73. The molecule has 6 heteroatoms. The van der Waals surface area contributed by atoms with Gasteiger partial charge in [-0.2, -0.15) is 0 Å². The van der Waals surface area contributed by atoms with Gasteiger partial charge >= 0.3 is 5.97 Å². The van der Waals surface area contributed by atoms with E-state index in [2.05, 4.69) is 0 Å². The largest absolute Gasteiger partial charge is 0.508 e. The maximum Gasteiger partial charge on any atom is 0.337 e. The van der Waals surface area contributed by atoms with Crippen LogP contribution in [0.1, 0.15) is 11.7 Å². The lowest BCUT2D eigenvalue weighted by Crippen LogP contribution is -2.09. The van der Waals surface area contributed by atoms with Crippen LogP contribution in [0.4, 0.5) is 0 Å². The van der Waals surface area contributed by atoms with E-state index in [1.807, 2.05) is 0 Å². The van der Waals surface area contributed by atoms with Crippen LogP contribution >= 0.6 is 0 Å². The third-order valence-electron chi connectivity index (χ3n) is 2.32. The van der Waals surface area contributed by atoms with Crippen LogP contribution in [0.5, 0.6) is 17.2 Å². The number of carboxylic acids is 1. The van der Waals surface area contributed by atoms with E-state index in [0.717, 1.165) is 0 Å². The Balaban J connectivity index is 0.000000217. The Labute approximate surface area is 114 Å². The number of carboxylic acid groups (broad SMARTS) is 1. The molecule has 1 atom stereocenters. The van der Waals surface area contributed by atoms with Gasteiger partial charge in [0.05, 0.1) is 0 Å². The summed E-state index contributed by atoms with van der Waals surface area (Å²) in [5.41, 5.74) is 0.250. The highest BCUT2D eigenvalue weighted by molar-refractivity contribution is 5.74. The minimum absolute atomic E-state index is 0.0383. The first kappa shape index (κ1) is 15.3. The molecule has 106 valence electrons. The van der Waals surface area contributed by atoms with E-state index in [-0.39, 0.29) is 22.8 Å². The van der Waals surface area contributed by atoms with Gasteiger partial charge in [0.15, 0.2) is 17.6 Å². The number of carbonyl (C=O) groups is 1. The zero-order valence-corrected chi connectivity index (χ0v) is 10.3. The molecule has 2 aromatic rings. The van der Waals surface area contributed by atoms with Crippen LogP contribution < -0.4 is 0 Å². The highest BCUT2D eigenvalue weighted by atomic mass is 16.4. The molecule has 0 saturated carbocycles. The van der Waals surface area contributed by atoms with Crippen LogP contribution in [0.25, 0.3) is 0 Å². The number of aliphatic carboxylic acids is 1. The molecule has 0 heterocycles. The summed E-state index contributed by atoms with van der Waals surface area (Å²) in [5, 5.41) is 43.6. The van der Waals surface area contributed by atoms with Gasteiger partial charge in [-0.05, 0) is 29.8 Å². The number of aliphatic hydroxyl groups excluding tert-OH is 1. The highest BCUT2D eigenvalue weighted by Gasteiger charge is 2.14. The van der Waals surface area contributed by atoms with Gasteiger partial charge in [0.2, 0.25) is 0 Å². The number of para-hydroxylation sites is 2. The Morgan fingerprint density at radius 3 is 1.65 bits per heavy atom. The summed E-state index contributed by atoms with van der Waals surface area (Å²) in [6, 6.07) is 11.5. The number of hydrogen-bond acceptors (Lipinski definition) is 5. The van der Waals surface area contributed by atoms with Gasteiger partial charge in [-0.15, -0.1) is 0 Å². The van der Waals surface area contributed by atoms with Gasteiger partial charge in [0.25, 0.3) is 0 Å². The molecular weight excluding hydrogens is 264 g/mol. The molecule has 0 radical (unpaired) electrons. The molecule has 0 aromatic heterocycles. The van der Waals surface area contributed by atoms with Crippen LogP contribution in [-0.2, 0) is 4.79 Å². The summed E-state index contributed by atoms with van der Waals surface area (Å²) in [4.78, 5) is 10.3. The molecule has 0 bridgehead atoms. The molecule has 1 unspecified atom stereocenters. The molecule has 0 aliphatic carbocycles. The van der Waals surface area contributed by atoms with Crippen molar-refractivity contribution in [2.75, 3.05) is 0 Å². The van der Waals surface area contributed by atoms with Crippen molar-refractivity contribution in [3.8, 4) is 17.2 Å². The molecule has 0 spiro atoms. The Bertz CT molecular complexity index is 543. The van der Waals surface area contributed by atoms with Gasteiger partial charge in [-0.1, -0.05) is 24.3 Å².